The van der Waals surface area contributed by atoms with Crippen LogP contribution in [0, 0.1) is 0 Å². The van der Waals surface area contributed by atoms with Crippen LogP contribution in [-0.2, 0) is 13.1 Å². The van der Waals surface area contributed by atoms with E-state index in [9.17, 15) is 4.79 Å². The lowest BCUT2D eigenvalue weighted by Crippen LogP contribution is -2.41. The third kappa shape index (κ3) is 5.08. The van der Waals surface area contributed by atoms with Crippen LogP contribution < -0.4 is 10.6 Å². The van der Waals surface area contributed by atoms with E-state index in [0.29, 0.717) is 19.1 Å². The van der Waals surface area contributed by atoms with Gasteiger partial charge in [0.2, 0.25) is 0 Å². The van der Waals surface area contributed by atoms with Gasteiger partial charge in [-0.2, -0.15) is 5.10 Å². The van der Waals surface area contributed by atoms with Gasteiger partial charge in [0.1, 0.15) is 12.7 Å². The highest BCUT2D eigenvalue weighted by Crippen LogP contribution is 2.17. The fourth-order valence-electron chi connectivity index (χ4n) is 3.11. The zero-order valence-corrected chi connectivity index (χ0v) is 13.9. The summed E-state index contributed by atoms with van der Waals surface area (Å²) >= 11 is 0. The maximum atomic E-state index is 12.0. The number of benzene rings is 1. The molecule has 0 aliphatic heterocycles. The van der Waals surface area contributed by atoms with E-state index < -0.39 is 0 Å². The summed E-state index contributed by atoms with van der Waals surface area (Å²) in [4.78, 5) is 16.0. The van der Waals surface area contributed by atoms with Gasteiger partial charge in [-0.05, 0) is 24.0 Å². The minimum atomic E-state index is -0.0615. The fraction of sp³-hybridized carbons (Fsp3) is 0.500. The van der Waals surface area contributed by atoms with Crippen LogP contribution >= 0.6 is 0 Å². The topological polar surface area (TPSA) is 71.8 Å². The van der Waals surface area contributed by atoms with E-state index in [0.717, 1.165) is 24.0 Å². The Bertz CT molecular complexity index is 615. The molecule has 1 aliphatic carbocycles. The summed E-state index contributed by atoms with van der Waals surface area (Å²) in [5, 5.41) is 10.2. The third-order valence-corrected chi connectivity index (χ3v) is 4.48. The second kappa shape index (κ2) is 8.47. The average Bonchev–Trinajstić information content (AvgIpc) is 2.97. The lowest BCUT2D eigenvalue weighted by atomic mass is 10.1. The van der Waals surface area contributed by atoms with E-state index in [2.05, 4.69) is 32.8 Å². The summed E-state index contributed by atoms with van der Waals surface area (Å²) in [5.74, 6) is 0. The number of carbonyl (C=O) groups excluding carboxylic acids is 1. The van der Waals surface area contributed by atoms with Crippen LogP contribution in [-0.4, -0.2) is 26.8 Å². The molecule has 6 nitrogen and oxygen atoms in total. The summed E-state index contributed by atoms with van der Waals surface area (Å²) in [7, 11) is 0. The first-order chi connectivity index (χ1) is 11.8. The lowest BCUT2D eigenvalue weighted by molar-refractivity contribution is 0.235. The largest absolute Gasteiger partial charge is 0.335 e. The molecule has 128 valence electrons. The predicted octanol–water partition coefficient (Wildman–Crippen LogP) is 2.85. The normalized spacial score (nSPS) is 15.7. The number of hydrogen-bond acceptors (Lipinski definition) is 3. The molecule has 1 aliphatic rings. The first-order valence-electron chi connectivity index (χ1n) is 8.74. The van der Waals surface area contributed by atoms with E-state index in [1.807, 2.05) is 12.1 Å². The van der Waals surface area contributed by atoms with Gasteiger partial charge in [0, 0.05) is 12.6 Å². The molecule has 1 fully saturated rings. The zero-order valence-electron chi connectivity index (χ0n) is 13.9. The maximum absolute atomic E-state index is 12.0. The van der Waals surface area contributed by atoms with Crippen molar-refractivity contribution in [1.82, 2.24) is 25.4 Å². The van der Waals surface area contributed by atoms with Crippen LogP contribution in [0.25, 0.3) is 0 Å². The molecule has 1 heterocycles. The van der Waals surface area contributed by atoms with Gasteiger partial charge in [-0.25, -0.2) is 14.5 Å². The molecule has 1 saturated carbocycles. The summed E-state index contributed by atoms with van der Waals surface area (Å²) in [6.07, 6.45) is 10.5. The quantitative estimate of drug-likeness (QED) is 0.830. The number of hydrogen-bond donors (Lipinski definition) is 2. The Morgan fingerprint density at radius 3 is 2.46 bits per heavy atom. The van der Waals surface area contributed by atoms with Crippen molar-refractivity contribution in [3.8, 4) is 0 Å². The molecular formula is C18H25N5O. The molecule has 2 amide bonds. The highest BCUT2D eigenvalue weighted by atomic mass is 16.2. The van der Waals surface area contributed by atoms with Crippen molar-refractivity contribution in [2.75, 3.05) is 0 Å². The Kier molecular flexibility index (Phi) is 5.82. The number of urea groups is 1. The minimum Gasteiger partial charge on any atom is -0.335 e. The van der Waals surface area contributed by atoms with Crippen molar-refractivity contribution < 1.29 is 4.79 Å². The van der Waals surface area contributed by atoms with Crippen LogP contribution in [0.2, 0.25) is 0 Å². The molecule has 0 radical (unpaired) electrons. The van der Waals surface area contributed by atoms with Gasteiger partial charge in [0.25, 0.3) is 0 Å². The van der Waals surface area contributed by atoms with Gasteiger partial charge in [0.05, 0.1) is 6.54 Å². The van der Waals surface area contributed by atoms with Gasteiger partial charge in [0.15, 0.2) is 0 Å². The monoisotopic (exact) mass is 327 g/mol. The Hall–Kier alpha value is -2.37. The van der Waals surface area contributed by atoms with Crippen molar-refractivity contribution >= 4 is 6.03 Å². The van der Waals surface area contributed by atoms with Crippen molar-refractivity contribution in [3.05, 3.63) is 48.0 Å². The van der Waals surface area contributed by atoms with Crippen molar-refractivity contribution in [1.29, 1.82) is 0 Å². The van der Waals surface area contributed by atoms with Crippen LogP contribution in [0.3, 0.4) is 0 Å². The molecule has 6 heteroatoms. The fourth-order valence-corrected chi connectivity index (χ4v) is 3.11. The van der Waals surface area contributed by atoms with Gasteiger partial charge in [-0.1, -0.05) is 49.9 Å². The SMILES string of the molecule is O=C(NCc1ccc(Cn2cncn2)cc1)NC1CCCCCC1. The third-order valence-electron chi connectivity index (χ3n) is 4.48. The van der Waals surface area contributed by atoms with Crippen LogP contribution in [0.1, 0.15) is 49.7 Å². The molecule has 3 rings (SSSR count). The molecule has 2 aromatic rings. The Labute approximate surface area is 142 Å². The number of amides is 2. The predicted molar refractivity (Wildman–Crippen MR) is 92.4 cm³/mol. The van der Waals surface area contributed by atoms with E-state index >= 15 is 0 Å². The van der Waals surface area contributed by atoms with Crippen LogP contribution in [0.5, 0.6) is 0 Å². The minimum absolute atomic E-state index is 0.0615. The number of nitrogens with one attached hydrogen (secondary N) is 2. The standard InChI is InChI=1S/C18H25N5O/c24-18(22-17-5-3-1-2-4-6-17)20-11-15-7-9-16(10-8-15)12-23-14-19-13-21-23/h7-10,13-14,17H,1-6,11-12H2,(H2,20,22,24). The first-order valence-corrected chi connectivity index (χ1v) is 8.74. The summed E-state index contributed by atoms with van der Waals surface area (Å²) in [6.45, 7) is 1.25. The molecule has 1 aromatic carbocycles. The summed E-state index contributed by atoms with van der Waals surface area (Å²) in [5.41, 5.74) is 2.25. The molecule has 0 saturated heterocycles. The smallest absolute Gasteiger partial charge is 0.315 e. The molecular weight excluding hydrogens is 302 g/mol. The van der Waals surface area contributed by atoms with Gasteiger partial charge < -0.3 is 10.6 Å². The Morgan fingerprint density at radius 2 is 1.79 bits per heavy atom. The van der Waals surface area contributed by atoms with Crippen molar-refractivity contribution in [2.24, 2.45) is 0 Å². The van der Waals surface area contributed by atoms with Crippen LogP contribution in [0.4, 0.5) is 4.79 Å². The van der Waals surface area contributed by atoms with Gasteiger partial charge >= 0.3 is 6.03 Å². The molecule has 2 N–H and O–H groups in total. The number of rotatable bonds is 5. The van der Waals surface area contributed by atoms with Gasteiger partial charge in [-0.3, -0.25) is 0 Å². The van der Waals surface area contributed by atoms with Gasteiger partial charge in [-0.15, -0.1) is 0 Å². The highest BCUT2D eigenvalue weighted by molar-refractivity contribution is 5.74. The average molecular weight is 327 g/mol. The molecule has 0 spiro atoms. The zero-order chi connectivity index (χ0) is 16.6. The summed E-state index contributed by atoms with van der Waals surface area (Å²) < 4.78 is 1.79. The first kappa shape index (κ1) is 16.5. The van der Waals surface area contributed by atoms with Crippen LogP contribution in [0.15, 0.2) is 36.9 Å². The maximum Gasteiger partial charge on any atom is 0.315 e. The molecule has 24 heavy (non-hydrogen) atoms. The Morgan fingerprint density at radius 1 is 1.08 bits per heavy atom. The Balaban J connectivity index is 1.43. The molecule has 0 bridgehead atoms. The highest BCUT2D eigenvalue weighted by Gasteiger charge is 2.14. The number of aromatic nitrogens is 3. The van der Waals surface area contributed by atoms with E-state index in [4.69, 9.17) is 0 Å². The number of carbonyl (C=O) groups is 1. The molecule has 1 aromatic heterocycles. The van der Waals surface area contributed by atoms with Crippen molar-refractivity contribution in [3.63, 3.8) is 0 Å². The van der Waals surface area contributed by atoms with E-state index in [1.165, 1.54) is 32.0 Å². The van der Waals surface area contributed by atoms with E-state index in [-0.39, 0.29) is 6.03 Å². The molecule has 0 atom stereocenters. The lowest BCUT2D eigenvalue weighted by Gasteiger charge is -2.16. The second-order valence-electron chi connectivity index (χ2n) is 6.43. The van der Waals surface area contributed by atoms with E-state index in [1.54, 1.807) is 11.0 Å². The summed E-state index contributed by atoms with van der Waals surface area (Å²) in [6, 6.07) is 8.46. The number of nitrogens with zero attached hydrogens (tertiary/aromatic N) is 3. The second-order valence-corrected chi connectivity index (χ2v) is 6.43. The molecule has 0 unspecified atom stereocenters. The van der Waals surface area contributed by atoms with Crippen molar-refractivity contribution in [2.45, 2.75) is 57.7 Å².